The Morgan fingerprint density at radius 2 is 1.67 bits per heavy atom. The van der Waals surface area contributed by atoms with E-state index in [1.54, 1.807) is 4.90 Å². The minimum absolute atomic E-state index is 0.0105. The van der Waals surface area contributed by atoms with Crippen LogP contribution in [0.2, 0.25) is 0 Å². The van der Waals surface area contributed by atoms with Gasteiger partial charge in [-0.1, -0.05) is 20.8 Å². The van der Waals surface area contributed by atoms with Crippen LogP contribution < -0.4 is 5.32 Å². The molecule has 1 fully saturated rings. The Kier molecular flexibility index (Phi) is 5.49. The highest BCUT2D eigenvalue weighted by molar-refractivity contribution is 7.89. The number of carbonyl (C=O) groups excluding carboxylic acids is 1. The van der Waals surface area contributed by atoms with Crippen LogP contribution in [0.3, 0.4) is 0 Å². The van der Waals surface area contributed by atoms with E-state index in [1.165, 1.54) is 16.4 Å². The molecule has 0 atom stereocenters. The van der Waals surface area contributed by atoms with E-state index in [1.807, 2.05) is 20.8 Å². The number of nitrogens with zero attached hydrogens (tertiary/aromatic N) is 2. The van der Waals surface area contributed by atoms with Gasteiger partial charge in [-0.15, -0.1) is 0 Å². The summed E-state index contributed by atoms with van der Waals surface area (Å²) < 4.78 is 39.3. The van der Waals surface area contributed by atoms with Crippen molar-refractivity contribution in [3.8, 4) is 0 Å². The van der Waals surface area contributed by atoms with E-state index in [4.69, 9.17) is 0 Å². The third-order valence-corrected chi connectivity index (χ3v) is 5.66. The molecule has 1 heterocycles. The van der Waals surface area contributed by atoms with Crippen molar-refractivity contribution >= 4 is 16.1 Å². The molecule has 0 saturated carbocycles. The summed E-state index contributed by atoms with van der Waals surface area (Å²) in [5.74, 6) is -0.478. The quantitative estimate of drug-likeness (QED) is 0.898. The van der Waals surface area contributed by atoms with E-state index in [0.29, 0.717) is 19.6 Å². The second-order valence-corrected chi connectivity index (χ2v) is 9.00. The van der Waals surface area contributed by atoms with Crippen molar-refractivity contribution in [1.82, 2.24) is 14.5 Å². The van der Waals surface area contributed by atoms with Crippen molar-refractivity contribution in [2.75, 3.05) is 32.7 Å². The summed E-state index contributed by atoms with van der Waals surface area (Å²) in [5.41, 5.74) is -0.0105. The van der Waals surface area contributed by atoms with E-state index in [-0.39, 0.29) is 29.4 Å². The van der Waals surface area contributed by atoms with Gasteiger partial charge >= 0.3 is 6.03 Å². The largest absolute Gasteiger partial charge is 0.337 e. The Balaban J connectivity index is 1.94. The van der Waals surface area contributed by atoms with Crippen LogP contribution >= 0.6 is 0 Å². The van der Waals surface area contributed by atoms with Gasteiger partial charge in [0.1, 0.15) is 5.82 Å². The first-order valence-electron chi connectivity index (χ1n) is 7.88. The van der Waals surface area contributed by atoms with Crippen molar-refractivity contribution in [2.45, 2.75) is 25.7 Å². The minimum atomic E-state index is -3.66. The van der Waals surface area contributed by atoms with Gasteiger partial charge in [0, 0.05) is 32.7 Å². The average molecular weight is 357 g/mol. The first kappa shape index (κ1) is 18.7. The van der Waals surface area contributed by atoms with E-state index < -0.39 is 15.8 Å². The molecule has 1 aromatic rings. The van der Waals surface area contributed by atoms with E-state index in [9.17, 15) is 17.6 Å². The second-order valence-electron chi connectivity index (χ2n) is 7.06. The molecule has 1 aliphatic rings. The van der Waals surface area contributed by atoms with Gasteiger partial charge in [0.2, 0.25) is 10.0 Å². The molecule has 2 amide bonds. The van der Waals surface area contributed by atoms with Crippen molar-refractivity contribution in [3.05, 3.63) is 30.1 Å². The maximum absolute atomic E-state index is 13.0. The molecule has 6 nitrogen and oxygen atoms in total. The number of rotatable bonds is 3. The lowest BCUT2D eigenvalue weighted by molar-refractivity contribution is 0.169. The van der Waals surface area contributed by atoms with Crippen molar-refractivity contribution in [3.63, 3.8) is 0 Å². The van der Waals surface area contributed by atoms with E-state index in [0.717, 1.165) is 12.1 Å². The minimum Gasteiger partial charge on any atom is -0.337 e. The van der Waals surface area contributed by atoms with E-state index in [2.05, 4.69) is 5.32 Å². The second kappa shape index (κ2) is 7.06. The lowest BCUT2D eigenvalue weighted by Gasteiger charge is -2.34. The van der Waals surface area contributed by atoms with Gasteiger partial charge < -0.3 is 10.2 Å². The number of benzene rings is 1. The van der Waals surface area contributed by atoms with Gasteiger partial charge in [0.15, 0.2) is 0 Å². The highest BCUT2D eigenvalue weighted by Crippen LogP contribution is 2.18. The summed E-state index contributed by atoms with van der Waals surface area (Å²) in [6.07, 6.45) is 0. The summed E-state index contributed by atoms with van der Waals surface area (Å²) in [6.45, 7) is 7.75. The SMILES string of the molecule is CC(C)(C)CNC(=O)N1CCN(S(=O)(=O)c2ccc(F)cc2)CC1. The molecule has 1 N–H and O–H groups in total. The number of hydrogen-bond donors (Lipinski definition) is 1. The van der Waals surface area contributed by atoms with Crippen LogP contribution in [0.5, 0.6) is 0 Å². The summed E-state index contributed by atoms with van der Waals surface area (Å²) >= 11 is 0. The molecular formula is C16H24FN3O3S. The molecule has 0 bridgehead atoms. The van der Waals surface area contributed by atoms with Crippen LogP contribution in [-0.2, 0) is 10.0 Å². The normalized spacial score (nSPS) is 16.9. The molecule has 0 spiro atoms. The summed E-state index contributed by atoms with van der Waals surface area (Å²) in [5, 5.41) is 2.86. The molecule has 2 rings (SSSR count). The zero-order chi connectivity index (χ0) is 18.0. The highest BCUT2D eigenvalue weighted by atomic mass is 32.2. The fourth-order valence-corrected chi connectivity index (χ4v) is 3.76. The first-order valence-corrected chi connectivity index (χ1v) is 9.32. The average Bonchev–Trinajstić information content (AvgIpc) is 2.52. The lowest BCUT2D eigenvalue weighted by Crippen LogP contribution is -2.53. The van der Waals surface area contributed by atoms with Gasteiger partial charge in [-0.25, -0.2) is 17.6 Å². The Labute approximate surface area is 142 Å². The molecule has 8 heteroatoms. The third-order valence-electron chi connectivity index (χ3n) is 3.75. The van der Waals surface area contributed by atoms with Gasteiger partial charge in [-0.05, 0) is 29.7 Å². The van der Waals surface area contributed by atoms with Crippen molar-refractivity contribution in [1.29, 1.82) is 0 Å². The Hall–Kier alpha value is -1.67. The van der Waals surface area contributed by atoms with E-state index >= 15 is 0 Å². The number of nitrogens with one attached hydrogen (secondary N) is 1. The van der Waals surface area contributed by atoms with Crippen LogP contribution in [0.1, 0.15) is 20.8 Å². The number of sulfonamides is 1. The summed E-state index contributed by atoms with van der Waals surface area (Å²) in [4.78, 5) is 13.8. The fourth-order valence-electron chi connectivity index (χ4n) is 2.34. The van der Waals surface area contributed by atoms with Crippen LogP contribution in [0.4, 0.5) is 9.18 Å². The monoisotopic (exact) mass is 357 g/mol. The summed E-state index contributed by atoms with van der Waals surface area (Å²) in [7, 11) is -3.66. The molecule has 1 aliphatic heterocycles. The molecule has 0 unspecified atom stereocenters. The van der Waals surface area contributed by atoms with Gasteiger partial charge in [-0.2, -0.15) is 4.31 Å². The Morgan fingerprint density at radius 3 is 2.17 bits per heavy atom. The first-order chi connectivity index (χ1) is 11.1. The number of carbonyl (C=O) groups is 1. The van der Waals surface area contributed by atoms with Crippen LogP contribution in [0, 0.1) is 11.2 Å². The molecule has 0 aromatic heterocycles. The smallest absolute Gasteiger partial charge is 0.317 e. The Bertz CT molecular complexity index is 676. The standard InChI is InChI=1S/C16H24FN3O3S/c1-16(2,3)12-18-15(21)19-8-10-20(11-9-19)24(22,23)14-6-4-13(17)5-7-14/h4-7H,8-12H2,1-3H3,(H,18,21). The number of amides is 2. The summed E-state index contributed by atoms with van der Waals surface area (Å²) in [6, 6.07) is 4.59. The zero-order valence-electron chi connectivity index (χ0n) is 14.3. The topological polar surface area (TPSA) is 69.7 Å². The number of urea groups is 1. The molecular weight excluding hydrogens is 333 g/mol. The number of piperazine rings is 1. The highest BCUT2D eigenvalue weighted by Gasteiger charge is 2.30. The molecule has 1 aromatic carbocycles. The number of hydrogen-bond acceptors (Lipinski definition) is 3. The number of halogens is 1. The van der Waals surface area contributed by atoms with Gasteiger partial charge in [0.05, 0.1) is 4.90 Å². The Morgan fingerprint density at radius 1 is 1.12 bits per heavy atom. The van der Waals surface area contributed by atoms with Gasteiger partial charge in [-0.3, -0.25) is 0 Å². The third kappa shape index (κ3) is 4.67. The maximum atomic E-state index is 13.0. The van der Waals surface area contributed by atoms with Crippen molar-refractivity contribution < 1.29 is 17.6 Å². The molecule has 1 saturated heterocycles. The molecule has 24 heavy (non-hydrogen) atoms. The predicted molar refractivity (Wildman–Crippen MR) is 89.6 cm³/mol. The predicted octanol–water partition coefficient (Wildman–Crippen LogP) is 1.89. The van der Waals surface area contributed by atoms with Gasteiger partial charge in [0.25, 0.3) is 0 Å². The molecule has 0 radical (unpaired) electrons. The van der Waals surface area contributed by atoms with Crippen LogP contribution in [-0.4, -0.2) is 56.4 Å². The van der Waals surface area contributed by atoms with Crippen LogP contribution in [0.25, 0.3) is 0 Å². The van der Waals surface area contributed by atoms with Crippen molar-refractivity contribution in [2.24, 2.45) is 5.41 Å². The zero-order valence-corrected chi connectivity index (χ0v) is 15.1. The lowest BCUT2D eigenvalue weighted by atomic mass is 9.97. The molecule has 134 valence electrons. The van der Waals surface area contributed by atoms with Crippen LogP contribution in [0.15, 0.2) is 29.2 Å². The molecule has 0 aliphatic carbocycles. The fraction of sp³-hybridized carbons (Fsp3) is 0.562. The maximum Gasteiger partial charge on any atom is 0.317 e.